The second-order valence-corrected chi connectivity index (χ2v) is 8.24. The van der Waals surface area contributed by atoms with Crippen molar-refractivity contribution in [1.29, 1.82) is 0 Å². The van der Waals surface area contributed by atoms with Crippen LogP contribution in [-0.2, 0) is 29.1 Å². The maximum atomic E-state index is 12.3. The van der Waals surface area contributed by atoms with E-state index in [9.17, 15) is 19.2 Å². The standard InChI is InChI=1S/C18H23N5O4S/c1-11(2)9-16(26)23-6-3-12-13(10-23)28-17(19-12)20-14(24)4-7-22-8-5-15(25)21-18(22)27/h5,8,11H,3-4,6-7,9-10H2,1-2H3,(H,19,20,24)(H,21,25,27). The third-order valence-electron chi connectivity index (χ3n) is 4.39. The maximum absolute atomic E-state index is 12.3. The van der Waals surface area contributed by atoms with E-state index in [1.807, 2.05) is 18.7 Å². The van der Waals surface area contributed by atoms with Gasteiger partial charge in [-0.05, 0) is 5.92 Å². The normalized spacial score (nSPS) is 13.5. The van der Waals surface area contributed by atoms with Crippen molar-refractivity contribution in [2.45, 2.75) is 46.2 Å². The number of aryl methyl sites for hydroxylation is 1. The van der Waals surface area contributed by atoms with Gasteiger partial charge in [-0.3, -0.25) is 19.4 Å². The van der Waals surface area contributed by atoms with Crippen LogP contribution in [0, 0.1) is 5.92 Å². The van der Waals surface area contributed by atoms with Crippen LogP contribution in [0.5, 0.6) is 0 Å². The van der Waals surface area contributed by atoms with Gasteiger partial charge in [0, 0.05) is 49.5 Å². The first-order valence-corrected chi connectivity index (χ1v) is 9.99. The van der Waals surface area contributed by atoms with E-state index in [1.54, 1.807) is 0 Å². The summed E-state index contributed by atoms with van der Waals surface area (Å²) < 4.78 is 1.27. The first-order valence-electron chi connectivity index (χ1n) is 9.18. The van der Waals surface area contributed by atoms with E-state index in [0.29, 0.717) is 37.0 Å². The van der Waals surface area contributed by atoms with E-state index >= 15 is 0 Å². The van der Waals surface area contributed by atoms with Gasteiger partial charge in [-0.25, -0.2) is 9.78 Å². The third-order valence-corrected chi connectivity index (χ3v) is 5.39. The van der Waals surface area contributed by atoms with Gasteiger partial charge in [-0.1, -0.05) is 25.2 Å². The molecule has 2 aromatic rings. The fraction of sp³-hybridized carbons (Fsp3) is 0.500. The van der Waals surface area contributed by atoms with Crippen LogP contribution in [0.3, 0.4) is 0 Å². The smallest absolute Gasteiger partial charge is 0.328 e. The van der Waals surface area contributed by atoms with Crippen molar-refractivity contribution < 1.29 is 9.59 Å². The molecule has 2 amide bonds. The number of thiazole rings is 1. The second-order valence-electron chi connectivity index (χ2n) is 7.15. The van der Waals surface area contributed by atoms with Gasteiger partial charge in [-0.2, -0.15) is 0 Å². The fourth-order valence-electron chi connectivity index (χ4n) is 2.96. The highest BCUT2D eigenvalue weighted by Gasteiger charge is 2.24. The highest BCUT2D eigenvalue weighted by Crippen LogP contribution is 2.29. The molecule has 0 saturated heterocycles. The molecule has 0 spiro atoms. The van der Waals surface area contributed by atoms with Crippen molar-refractivity contribution in [1.82, 2.24) is 19.4 Å². The lowest BCUT2D eigenvalue weighted by Crippen LogP contribution is -2.36. The summed E-state index contributed by atoms with van der Waals surface area (Å²) in [7, 11) is 0. The van der Waals surface area contributed by atoms with Crippen LogP contribution in [0.1, 0.15) is 37.3 Å². The molecule has 150 valence electrons. The van der Waals surface area contributed by atoms with Crippen LogP contribution in [0.4, 0.5) is 5.13 Å². The lowest BCUT2D eigenvalue weighted by molar-refractivity contribution is -0.132. The summed E-state index contributed by atoms with van der Waals surface area (Å²) >= 11 is 1.38. The number of carbonyl (C=O) groups is 2. The number of anilines is 1. The molecule has 0 aliphatic carbocycles. The molecule has 3 heterocycles. The van der Waals surface area contributed by atoms with E-state index in [4.69, 9.17) is 0 Å². The molecule has 3 rings (SSSR count). The number of aromatic nitrogens is 3. The largest absolute Gasteiger partial charge is 0.337 e. The molecule has 0 unspecified atom stereocenters. The van der Waals surface area contributed by atoms with Crippen LogP contribution in [0.25, 0.3) is 0 Å². The van der Waals surface area contributed by atoms with Crippen LogP contribution >= 0.6 is 11.3 Å². The summed E-state index contributed by atoms with van der Waals surface area (Å²) in [5, 5.41) is 3.26. The molecule has 2 N–H and O–H groups in total. The summed E-state index contributed by atoms with van der Waals surface area (Å²) in [5.74, 6) is 0.197. The van der Waals surface area contributed by atoms with E-state index in [-0.39, 0.29) is 24.8 Å². The van der Waals surface area contributed by atoms with Crippen molar-refractivity contribution in [3.63, 3.8) is 0 Å². The monoisotopic (exact) mass is 405 g/mol. The number of nitrogens with zero attached hydrogens (tertiary/aromatic N) is 3. The minimum absolute atomic E-state index is 0.0786. The summed E-state index contributed by atoms with van der Waals surface area (Å²) in [6.45, 7) is 5.37. The minimum atomic E-state index is -0.545. The average molecular weight is 405 g/mol. The molecule has 9 nitrogen and oxygen atoms in total. The van der Waals surface area contributed by atoms with Gasteiger partial charge in [0.05, 0.1) is 12.2 Å². The Morgan fingerprint density at radius 3 is 2.86 bits per heavy atom. The molecule has 10 heteroatoms. The Morgan fingerprint density at radius 1 is 1.36 bits per heavy atom. The number of hydrogen-bond donors (Lipinski definition) is 2. The van der Waals surface area contributed by atoms with Crippen LogP contribution in [0.2, 0.25) is 0 Å². The van der Waals surface area contributed by atoms with E-state index < -0.39 is 11.2 Å². The Labute approximate surface area is 165 Å². The fourth-order valence-corrected chi connectivity index (χ4v) is 4.00. The summed E-state index contributed by atoms with van der Waals surface area (Å²) in [4.78, 5) is 56.6. The van der Waals surface area contributed by atoms with Crippen molar-refractivity contribution >= 4 is 28.3 Å². The van der Waals surface area contributed by atoms with Crippen molar-refractivity contribution in [3.05, 3.63) is 43.7 Å². The lowest BCUT2D eigenvalue weighted by atomic mass is 10.1. The maximum Gasteiger partial charge on any atom is 0.328 e. The number of carbonyl (C=O) groups excluding carboxylic acids is 2. The number of fused-ring (bicyclic) bond motifs is 1. The number of nitrogens with one attached hydrogen (secondary N) is 2. The first-order chi connectivity index (χ1) is 13.3. The molecule has 0 aromatic carbocycles. The second kappa shape index (κ2) is 8.51. The Hall–Kier alpha value is -2.75. The van der Waals surface area contributed by atoms with Gasteiger partial charge in [0.2, 0.25) is 11.8 Å². The predicted octanol–water partition coefficient (Wildman–Crippen LogP) is 0.953. The Morgan fingerprint density at radius 2 is 2.14 bits per heavy atom. The van der Waals surface area contributed by atoms with Gasteiger partial charge >= 0.3 is 5.69 Å². The van der Waals surface area contributed by atoms with Gasteiger partial charge in [0.15, 0.2) is 5.13 Å². The average Bonchev–Trinajstić information content (AvgIpc) is 3.01. The zero-order valence-corrected chi connectivity index (χ0v) is 16.7. The molecule has 0 saturated carbocycles. The van der Waals surface area contributed by atoms with Crippen molar-refractivity contribution in [3.8, 4) is 0 Å². The predicted molar refractivity (Wildman–Crippen MR) is 105 cm³/mol. The molecule has 0 fully saturated rings. The summed E-state index contributed by atoms with van der Waals surface area (Å²) in [5.41, 5.74) is -0.0955. The molecular weight excluding hydrogens is 382 g/mol. The lowest BCUT2D eigenvalue weighted by Gasteiger charge is -2.26. The van der Waals surface area contributed by atoms with Gasteiger partial charge < -0.3 is 14.8 Å². The number of aromatic amines is 1. The van der Waals surface area contributed by atoms with E-state index in [0.717, 1.165) is 10.6 Å². The summed E-state index contributed by atoms with van der Waals surface area (Å²) in [6.07, 6.45) is 2.65. The molecule has 1 aliphatic rings. The van der Waals surface area contributed by atoms with Gasteiger partial charge in [0.1, 0.15) is 0 Å². The zero-order chi connectivity index (χ0) is 20.3. The van der Waals surface area contributed by atoms with Crippen molar-refractivity contribution in [2.75, 3.05) is 11.9 Å². The first kappa shape index (κ1) is 20.0. The highest BCUT2D eigenvalue weighted by atomic mass is 32.1. The van der Waals surface area contributed by atoms with E-state index in [2.05, 4.69) is 15.3 Å². The quantitative estimate of drug-likeness (QED) is 0.742. The Balaban J connectivity index is 1.57. The molecule has 2 aromatic heterocycles. The summed E-state index contributed by atoms with van der Waals surface area (Å²) in [6, 6.07) is 1.24. The number of hydrogen-bond acceptors (Lipinski definition) is 6. The topological polar surface area (TPSA) is 117 Å². The highest BCUT2D eigenvalue weighted by molar-refractivity contribution is 7.15. The van der Waals surface area contributed by atoms with Gasteiger partial charge in [0.25, 0.3) is 5.56 Å². The third kappa shape index (κ3) is 4.94. The molecule has 0 radical (unpaired) electrons. The molecule has 0 bridgehead atoms. The van der Waals surface area contributed by atoms with Crippen LogP contribution < -0.4 is 16.6 Å². The SMILES string of the molecule is CC(C)CC(=O)N1CCc2nc(NC(=O)CCn3ccc(=O)[nH]c3=O)sc2C1. The number of rotatable bonds is 6. The molecular formula is C18H23N5O4S. The van der Waals surface area contributed by atoms with Crippen molar-refractivity contribution in [2.24, 2.45) is 5.92 Å². The van der Waals surface area contributed by atoms with Crippen LogP contribution in [-0.4, -0.2) is 37.8 Å². The Bertz CT molecular complexity index is 990. The van der Waals surface area contributed by atoms with Gasteiger partial charge in [-0.15, -0.1) is 0 Å². The molecule has 1 aliphatic heterocycles. The molecule has 0 atom stereocenters. The number of H-pyrrole nitrogens is 1. The number of amides is 2. The Kier molecular flexibility index (Phi) is 6.08. The van der Waals surface area contributed by atoms with Crippen LogP contribution in [0.15, 0.2) is 21.9 Å². The molecule has 28 heavy (non-hydrogen) atoms. The zero-order valence-electron chi connectivity index (χ0n) is 15.9. The minimum Gasteiger partial charge on any atom is -0.337 e. The van der Waals surface area contributed by atoms with E-state index in [1.165, 1.54) is 28.2 Å².